The Bertz CT molecular complexity index is 1210. The molecular weight excluding hydrogens is 454 g/mol. The first-order chi connectivity index (χ1) is 17.7. The molecule has 0 saturated carbocycles. The predicted molar refractivity (Wildman–Crippen MR) is 139 cm³/mol. The maximum absolute atomic E-state index is 12.0. The number of aromatic nitrogens is 2. The fourth-order valence-electron chi connectivity index (χ4n) is 4.47. The molecule has 10 heteroatoms. The molecule has 2 aromatic carbocycles. The molecule has 3 heterocycles. The van der Waals surface area contributed by atoms with Gasteiger partial charge in [0.1, 0.15) is 12.8 Å². The number of piperazine rings is 1. The Balaban J connectivity index is 1.19. The molecule has 0 bridgehead atoms. The van der Waals surface area contributed by atoms with Gasteiger partial charge in [0.05, 0.1) is 11.8 Å². The minimum absolute atomic E-state index is 0.0189. The van der Waals surface area contributed by atoms with E-state index in [9.17, 15) is 4.79 Å². The first-order valence-electron chi connectivity index (χ1n) is 12.1. The smallest absolute Gasteiger partial charge is 0.252 e. The van der Waals surface area contributed by atoms with Crippen LogP contribution in [-0.2, 0) is 0 Å². The number of carbonyl (C=O) groups excluding carboxylic acids is 1. The van der Waals surface area contributed by atoms with Gasteiger partial charge in [0.2, 0.25) is 5.95 Å². The summed E-state index contributed by atoms with van der Waals surface area (Å²) in [5.41, 5.74) is 4.24. The Hall–Kier alpha value is -4.04. The van der Waals surface area contributed by atoms with Crippen LogP contribution in [0.5, 0.6) is 0 Å². The highest BCUT2D eigenvalue weighted by Gasteiger charge is 2.25. The summed E-state index contributed by atoms with van der Waals surface area (Å²) in [6.07, 6.45) is 2.02. The summed E-state index contributed by atoms with van der Waals surface area (Å²) in [7, 11) is 0. The van der Waals surface area contributed by atoms with Crippen molar-refractivity contribution < 1.29 is 4.79 Å². The number of nitrogens with zero attached hydrogens (tertiary/aromatic N) is 5. The second-order valence-electron chi connectivity index (χ2n) is 8.69. The summed E-state index contributed by atoms with van der Waals surface area (Å²) in [5, 5.41) is 21.4. The van der Waals surface area contributed by atoms with Gasteiger partial charge in [-0.05, 0) is 42.5 Å². The number of anilines is 3. The molecule has 10 nitrogen and oxygen atoms in total. The summed E-state index contributed by atoms with van der Waals surface area (Å²) < 4.78 is 0. The van der Waals surface area contributed by atoms with Crippen molar-refractivity contribution in [3.8, 4) is 17.3 Å². The lowest BCUT2D eigenvalue weighted by Crippen LogP contribution is -2.56. The maximum Gasteiger partial charge on any atom is 0.252 e. The molecule has 0 spiro atoms. The van der Waals surface area contributed by atoms with E-state index in [0.29, 0.717) is 17.8 Å². The molecule has 0 aliphatic carbocycles. The third-order valence-electron chi connectivity index (χ3n) is 6.39. The molecule has 3 aromatic rings. The van der Waals surface area contributed by atoms with E-state index < -0.39 is 0 Å². The summed E-state index contributed by atoms with van der Waals surface area (Å²) in [4.78, 5) is 25.8. The van der Waals surface area contributed by atoms with Crippen LogP contribution in [0.3, 0.4) is 0 Å². The quantitative estimate of drug-likeness (QED) is 0.372. The van der Waals surface area contributed by atoms with Crippen LogP contribution in [-0.4, -0.2) is 72.9 Å². The third-order valence-corrected chi connectivity index (χ3v) is 6.39. The van der Waals surface area contributed by atoms with Gasteiger partial charge in [-0.15, -0.1) is 0 Å². The van der Waals surface area contributed by atoms with Gasteiger partial charge in [-0.3, -0.25) is 20.3 Å². The second kappa shape index (κ2) is 11.1. The van der Waals surface area contributed by atoms with Gasteiger partial charge in [0.15, 0.2) is 0 Å². The van der Waals surface area contributed by atoms with Gasteiger partial charge in [-0.1, -0.05) is 12.1 Å². The van der Waals surface area contributed by atoms with Crippen molar-refractivity contribution in [1.82, 2.24) is 30.8 Å². The number of rotatable bonds is 7. The van der Waals surface area contributed by atoms with Crippen LogP contribution in [0.2, 0.25) is 0 Å². The topological polar surface area (TPSA) is 121 Å². The number of amides is 1. The minimum Gasteiger partial charge on any atom is -0.369 e. The summed E-state index contributed by atoms with van der Waals surface area (Å²) in [6, 6.07) is 19.2. The largest absolute Gasteiger partial charge is 0.369 e. The number of carbonyl (C=O) groups is 1. The molecule has 184 valence electrons. The monoisotopic (exact) mass is 483 g/mol. The van der Waals surface area contributed by atoms with Crippen LogP contribution in [0.15, 0.2) is 60.8 Å². The van der Waals surface area contributed by atoms with Crippen molar-refractivity contribution in [1.29, 1.82) is 5.26 Å². The number of nitriles is 1. The molecule has 2 saturated heterocycles. The highest BCUT2D eigenvalue weighted by molar-refractivity contribution is 5.94. The lowest BCUT2D eigenvalue weighted by Gasteiger charge is -2.39. The first kappa shape index (κ1) is 23.7. The van der Waals surface area contributed by atoms with E-state index in [0.717, 1.165) is 56.2 Å². The highest BCUT2D eigenvalue weighted by atomic mass is 16.1. The Morgan fingerprint density at radius 2 is 1.72 bits per heavy atom. The molecule has 2 aliphatic rings. The average Bonchev–Trinajstić information content (AvgIpc) is 3.48. The Morgan fingerprint density at radius 1 is 1.00 bits per heavy atom. The van der Waals surface area contributed by atoms with E-state index in [4.69, 9.17) is 5.26 Å². The van der Waals surface area contributed by atoms with Crippen molar-refractivity contribution >= 4 is 23.2 Å². The average molecular weight is 484 g/mol. The molecule has 0 atom stereocenters. The molecule has 2 fully saturated rings. The van der Waals surface area contributed by atoms with E-state index in [2.05, 4.69) is 53.2 Å². The Labute approximate surface area is 210 Å². The van der Waals surface area contributed by atoms with Crippen molar-refractivity contribution in [2.45, 2.75) is 6.29 Å². The van der Waals surface area contributed by atoms with Crippen molar-refractivity contribution in [3.63, 3.8) is 0 Å². The van der Waals surface area contributed by atoms with Crippen LogP contribution in [0.4, 0.5) is 17.3 Å². The number of nitrogens with one attached hydrogen (secondary N) is 4. The molecular formula is C26H29N9O. The lowest BCUT2D eigenvalue weighted by molar-refractivity contribution is 0.0958. The van der Waals surface area contributed by atoms with Crippen LogP contribution >= 0.6 is 0 Å². The molecule has 36 heavy (non-hydrogen) atoms. The van der Waals surface area contributed by atoms with Crippen LogP contribution in [0.25, 0.3) is 11.3 Å². The van der Waals surface area contributed by atoms with Crippen LogP contribution in [0.1, 0.15) is 10.4 Å². The van der Waals surface area contributed by atoms with E-state index in [1.165, 1.54) is 5.69 Å². The van der Waals surface area contributed by atoms with Gasteiger partial charge in [-0.25, -0.2) is 9.97 Å². The van der Waals surface area contributed by atoms with Gasteiger partial charge in [0, 0.05) is 68.0 Å². The standard InChI is InChI=1S/C26H29N9O/c27-10-12-28-24(36)20-3-1-19(2-4-20)23-9-11-29-25(33-23)32-21-5-7-22(8-6-21)34-15-17-35(18-16-34)26-30-13-14-31-26/h1-9,11,26,30-31H,12-18H2,(H,28,36)(H,29,32,33). The van der Waals surface area contributed by atoms with Crippen molar-refractivity contribution in [2.24, 2.45) is 0 Å². The molecule has 0 unspecified atom stereocenters. The zero-order valence-corrected chi connectivity index (χ0v) is 19.9. The Morgan fingerprint density at radius 3 is 2.42 bits per heavy atom. The third kappa shape index (κ3) is 5.60. The van der Waals surface area contributed by atoms with E-state index >= 15 is 0 Å². The summed E-state index contributed by atoms with van der Waals surface area (Å²) in [5.74, 6) is 0.225. The molecule has 2 aliphatic heterocycles. The second-order valence-corrected chi connectivity index (χ2v) is 8.69. The van der Waals surface area contributed by atoms with E-state index in [-0.39, 0.29) is 12.5 Å². The summed E-state index contributed by atoms with van der Waals surface area (Å²) in [6.45, 7) is 6.08. The molecule has 0 radical (unpaired) electrons. The normalized spacial score (nSPS) is 16.5. The zero-order chi connectivity index (χ0) is 24.7. The first-order valence-corrected chi connectivity index (χ1v) is 12.1. The molecule has 5 rings (SSSR count). The van der Waals surface area contributed by atoms with Gasteiger partial charge in [-0.2, -0.15) is 5.26 Å². The highest BCUT2D eigenvalue weighted by Crippen LogP contribution is 2.23. The zero-order valence-electron chi connectivity index (χ0n) is 19.9. The molecule has 1 aromatic heterocycles. The number of hydrogen-bond acceptors (Lipinski definition) is 9. The van der Waals surface area contributed by atoms with Gasteiger partial charge >= 0.3 is 0 Å². The van der Waals surface area contributed by atoms with E-state index in [1.54, 1.807) is 18.3 Å². The predicted octanol–water partition coefficient (Wildman–Crippen LogP) is 1.74. The van der Waals surface area contributed by atoms with E-state index in [1.807, 2.05) is 36.4 Å². The van der Waals surface area contributed by atoms with Crippen LogP contribution < -0.4 is 26.2 Å². The molecule has 4 N–H and O–H groups in total. The number of hydrogen-bond donors (Lipinski definition) is 4. The summed E-state index contributed by atoms with van der Waals surface area (Å²) >= 11 is 0. The number of benzene rings is 2. The fraction of sp³-hybridized carbons (Fsp3) is 0.308. The van der Waals surface area contributed by atoms with Gasteiger partial charge < -0.3 is 15.5 Å². The van der Waals surface area contributed by atoms with Gasteiger partial charge in [0.25, 0.3) is 5.91 Å². The fourth-order valence-corrected chi connectivity index (χ4v) is 4.47. The van der Waals surface area contributed by atoms with Crippen molar-refractivity contribution in [3.05, 3.63) is 66.4 Å². The Kier molecular flexibility index (Phi) is 7.33. The minimum atomic E-state index is -0.277. The molecule has 1 amide bonds. The van der Waals surface area contributed by atoms with Crippen LogP contribution in [0, 0.1) is 11.3 Å². The maximum atomic E-state index is 12.0. The van der Waals surface area contributed by atoms with Crippen molar-refractivity contribution in [2.75, 3.05) is 56.0 Å². The SMILES string of the molecule is N#CCNC(=O)c1ccc(-c2ccnc(Nc3ccc(N4CCN(C5NCCN5)CC4)cc3)n2)cc1. The lowest BCUT2D eigenvalue weighted by atomic mass is 10.1.